The summed E-state index contributed by atoms with van der Waals surface area (Å²) in [5.41, 5.74) is -0.433. The van der Waals surface area contributed by atoms with E-state index in [-0.39, 0.29) is 33.3 Å². The third kappa shape index (κ3) is 5.68. The summed E-state index contributed by atoms with van der Waals surface area (Å²) in [6.45, 7) is 1.30. The second-order valence-corrected chi connectivity index (χ2v) is 9.48. The average Bonchev–Trinajstić information content (AvgIpc) is 3.64. The minimum Gasteiger partial charge on any atom is -0.496 e. The summed E-state index contributed by atoms with van der Waals surface area (Å²) in [6.07, 6.45) is 0.252. The van der Waals surface area contributed by atoms with Crippen LogP contribution >= 0.6 is 11.3 Å². The first-order valence-corrected chi connectivity index (χ1v) is 12.4. The summed E-state index contributed by atoms with van der Waals surface area (Å²) in [5.74, 6) is 6.04. The highest BCUT2D eigenvalue weighted by Crippen LogP contribution is 2.44. The van der Waals surface area contributed by atoms with Gasteiger partial charge in [-0.25, -0.2) is 0 Å². The van der Waals surface area contributed by atoms with Gasteiger partial charge in [-0.05, 0) is 30.9 Å². The SMILES string of the molecule is COc1cc(N2CCOCC2)c(C(F)(F)F)cc1-c1cnccc1C(=O)Nc1nnc(C#CC2CC2)s1. The van der Waals surface area contributed by atoms with Crippen LogP contribution < -0.4 is 15.0 Å². The lowest BCUT2D eigenvalue weighted by molar-refractivity contribution is -0.137. The first-order valence-electron chi connectivity index (χ1n) is 11.6. The lowest BCUT2D eigenvalue weighted by Gasteiger charge is -2.32. The monoisotopic (exact) mass is 529 g/mol. The Morgan fingerprint density at radius 2 is 2.00 bits per heavy atom. The number of benzene rings is 1. The van der Waals surface area contributed by atoms with Crippen LogP contribution in [0.4, 0.5) is 24.0 Å². The second kappa shape index (κ2) is 10.4. The number of nitrogens with one attached hydrogen (secondary N) is 1. The van der Waals surface area contributed by atoms with E-state index in [4.69, 9.17) is 9.47 Å². The normalized spacial score (nSPS) is 15.6. The fourth-order valence-corrected chi connectivity index (χ4v) is 4.53. The van der Waals surface area contributed by atoms with Gasteiger partial charge in [0.2, 0.25) is 5.13 Å². The molecule has 8 nitrogen and oxygen atoms in total. The molecule has 1 N–H and O–H groups in total. The number of hydrogen-bond acceptors (Lipinski definition) is 8. The molecule has 192 valence electrons. The number of alkyl halides is 3. The first-order chi connectivity index (χ1) is 17.8. The van der Waals surface area contributed by atoms with Crippen LogP contribution in [0, 0.1) is 17.8 Å². The number of anilines is 2. The topological polar surface area (TPSA) is 89.5 Å². The van der Waals surface area contributed by atoms with E-state index in [0.29, 0.717) is 37.2 Å². The van der Waals surface area contributed by atoms with Gasteiger partial charge in [-0.2, -0.15) is 13.2 Å². The van der Waals surface area contributed by atoms with Crippen molar-refractivity contribution in [2.75, 3.05) is 43.6 Å². The van der Waals surface area contributed by atoms with Crippen LogP contribution in [0.1, 0.15) is 33.8 Å². The molecule has 0 radical (unpaired) electrons. The number of rotatable bonds is 5. The minimum atomic E-state index is -4.64. The molecule has 2 fully saturated rings. The van der Waals surface area contributed by atoms with Gasteiger partial charge in [0.05, 0.1) is 37.1 Å². The molecule has 1 aliphatic carbocycles. The number of aromatic nitrogens is 3. The molecular weight excluding hydrogens is 507 g/mol. The van der Waals surface area contributed by atoms with E-state index in [1.165, 1.54) is 31.6 Å². The van der Waals surface area contributed by atoms with Gasteiger partial charge >= 0.3 is 6.18 Å². The molecule has 37 heavy (non-hydrogen) atoms. The van der Waals surface area contributed by atoms with E-state index >= 15 is 0 Å². The molecule has 2 aromatic heterocycles. The van der Waals surface area contributed by atoms with Crippen LogP contribution in [0.2, 0.25) is 0 Å². The molecule has 2 aliphatic rings. The van der Waals surface area contributed by atoms with Gasteiger partial charge in [-0.15, -0.1) is 10.2 Å². The Kier molecular flexibility index (Phi) is 6.99. The molecule has 5 rings (SSSR count). The fraction of sp³-hybridized carbons (Fsp3) is 0.360. The van der Waals surface area contributed by atoms with Crippen LogP contribution in [0.15, 0.2) is 30.6 Å². The van der Waals surface area contributed by atoms with E-state index in [2.05, 4.69) is 32.3 Å². The first kappa shape index (κ1) is 25.0. The Balaban J connectivity index is 1.50. The number of carbonyl (C=O) groups is 1. The van der Waals surface area contributed by atoms with E-state index in [1.54, 1.807) is 4.90 Å². The highest BCUT2D eigenvalue weighted by Gasteiger charge is 2.37. The Hall–Kier alpha value is -3.69. The molecule has 0 spiro atoms. The number of nitrogens with zero attached hydrogens (tertiary/aromatic N) is 4. The van der Waals surface area contributed by atoms with E-state index in [1.807, 2.05) is 0 Å². The Labute approximate surface area is 214 Å². The van der Waals surface area contributed by atoms with Crippen molar-refractivity contribution in [3.8, 4) is 28.7 Å². The highest BCUT2D eigenvalue weighted by molar-refractivity contribution is 7.15. The maximum Gasteiger partial charge on any atom is 0.418 e. The third-order valence-corrected chi connectivity index (χ3v) is 6.69. The molecule has 1 aromatic carbocycles. The predicted molar refractivity (Wildman–Crippen MR) is 132 cm³/mol. The summed E-state index contributed by atoms with van der Waals surface area (Å²) >= 11 is 1.13. The minimum absolute atomic E-state index is 0.0000109. The maximum atomic E-state index is 14.2. The van der Waals surface area contributed by atoms with Gasteiger partial charge in [-0.1, -0.05) is 17.3 Å². The third-order valence-electron chi connectivity index (χ3n) is 5.94. The Morgan fingerprint density at radius 1 is 1.22 bits per heavy atom. The lowest BCUT2D eigenvalue weighted by atomic mass is 9.96. The molecule has 1 saturated carbocycles. The Bertz CT molecular complexity index is 1370. The van der Waals surface area contributed by atoms with E-state index < -0.39 is 17.6 Å². The Morgan fingerprint density at radius 3 is 2.70 bits per heavy atom. The standard InChI is InChI=1S/C25H22F3N5O3S/c1-35-21-13-20(33-8-10-36-11-9-33)19(25(26,27)28)12-17(21)18-14-29-7-6-16(18)23(34)30-24-32-31-22(37-24)5-4-15-2-3-15/h6-7,12-15H,2-3,8-11H2,1H3,(H,30,32,34). The van der Waals surface area contributed by atoms with Crippen LogP contribution in [0.3, 0.4) is 0 Å². The number of ether oxygens (including phenoxy) is 2. The van der Waals surface area contributed by atoms with Gasteiger partial charge in [0.25, 0.3) is 5.91 Å². The van der Waals surface area contributed by atoms with Crippen LogP contribution in [0.5, 0.6) is 5.75 Å². The number of carbonyl (C=O) groups excluding carboxylic acids is 1. The predicted octanol–water partition coefficient (Wildman–Crippen LogP) is 4.48. The molecule has 1 aliphatic heterocycles. The van der Waals surface area contributed by atoms with Crippen molar-refractivity contribution in [3.63, 3.8) is 0 Å². The van der Waals surface area contributed by atoms with Crippen LogP contribution in [0.25, 0.3) is 11.1 Å². The summed E-state index contributed by atoms with van der Waals surface area (Å²) in [5, 5.41) is 11.3. The number of morpholine rings is 1. The van der Waals surface area contributed by atoms with Gasteiger partial charge < -0.3 is 14.4 Å². The highest BCUT2D eigenvalue weighted by atomic mass is 32.1. The molecule has 3 heterocycles. The molecule has 12 heteroatoms. The van der Waals surface area contributed by atoms with Crippen molar-refractivity contribution in [3.05, 3.63) is 46.7 Å². The smallest absolute Gasteiger partial charge is 0.418 e. The van der Waals surface area contributed by atoms with Crippen LogP contribution in [-0.2, 0) is 10.9 Å². The van der Waals surface area contributed by atoms with Crippen molar-refractivity contribution in [2.45, 2.75) is 19.0 Å². The number of amides is 1. The molecule has 0 bridgehead atoms. The largest absolute Gasteiger partial charge is 0.496 e. The quantitative estimate of drug-likeness (QED) is 0.488. The number of methoxy groups -OCH3 is 1. The zero-order chi connectivity index (χ0) is 26.0. The molecule has 3 aromatic rings. The molecular formula is C25H22F3N5O3S. The zero-order valence-corrected chi connectivity index (χ0v) is 20.6. The molecule has 0 atom stereocenters. The summed E-state index contributed by atoms with van der Waals surface area (Å²) in [7, 11) is 1.37. The second-order valence-electron chi connectivity index (χ2n) is 8.50. The lowest BCUT2D eigenvalue weighted by Crippen LogP contribution is -2.37. The number of halogens is 3. The summed E-state index contributed by atoms with van der Waals surface area (Å²) in [6, 6.07) is 3.80. The van der Waals surface area contributed by atoms with Gasteiger partial charge in [0.15, 0.2) is 5.01 Å². The van der Waals surface area contributed by atoms with E-state index in [9.17, 15) is 18.0 Å². The average molecular weight is 530 g/mol. The number of hydrogen-bond donors (Lipinski definition) is 1. The molecule has 1 saturated heterocycles. The summed E-state index contributed by atoms with van der Waals surface area (Å²) in [4.78, 5) is 18.8. The van der Waals surface area contributed by atoms with Crippen molar-refractivity contribution in [2.24, 2.45) is 5.92 Å². The zero-order valence-electron chi connectivity index (χ0n) is 19.8. The molecule has 1 amide bonds. The van der Waals surface area contributed by atoms with Crippen molar-refractivity contribution < 1.29 is 27.4 Å². The fourth-order valence-electron chi connectivity index (χ4n) is 3.93. The molecule has 0 unspecified atom stereocenters. The van der Waals surface area contributed by atoms with Crippen LogP contribution in [-0.4, -0.2) is 54.5 Å². The maximum absolute atomic E-state index is 14.2. The van der Waals surface area contributed by atoms with Gasteiger partial charge in [0.1, 0.15) is 5.75 Å². The van der Waals surface area contributed by atoms with Gasteiger partial charge in [-0.3, -0.25) is 15.1 Å². The van der Waals surface area contributed by atoms with Crippen molar-refractivity contribution in [1.82, 2.24) is 15.2 Å². The van der Waals surface area contributed by atoms with Crippen molar-refractivity contribution in [1.29, 1.82) is 0 Å². The van der Waals surface area contributed by atoms with Gasteiger partial charge in [0, 0.05) is 48.6 Å². The van der Waals surface area contributed by atoms with Crippen molar-refractivity contribution >= 4 is 28.1 Å². The summed E-state index contributed by atoms with van der Waals surface area (Å²) < 4.78 is 53.3. The number of pyridine rings is 1. The van der Waals surface area contributed by atoms with E-state index in [0.717, 1.165) is 30.2 Å².